The molecule has 0 saturated carbocycles. The van der Waals surface area contributed by atoms with Crippen LogP contribution in [0.1, 0.15) is 45.6 Å². The van der Waals surface area contributed by atoms with Gasteiger partial charge in [0.2, 0.25) is 0 Å². The van der Waals surface area contributed by atoms with Crippen LogP contribution in [0.3, 0.4) is 0 Å². The van der Waals surface area contributed by atoms with E-state index in [4.69, 9.17) is 14.2 Å². The highest BCUT2D eigenvalue weighted by molar-refractivity contribution is 5.68. The monoisotopic (exact) mass is 404 g/mol. The molecule has 0 aromatic heterocycles. The van der Waals surface area contributed by atoms with E-state index in [1.54, 1.807) is 9.80 Å². The molecule has 2 saturated heterocycles. The summed E-state index contributed by atoms with van der Waals surface area (Å²) in [7, 11) is 0. The summed E-state index contributed by atoms with van der Waals surface area (Å²) in [6.45, 7) is 8.37. The van der Waals surface area contributed by atoms with Gasteiger partial charge in [-0.05, 0) is 45.6 Å². The van der Waals surface area contributed by atoms with Gasteiger partial charge >= 0.3 is 12.2 Å². The molecule has 0 radical (unpaired) electrons. The average molecular weight is 405 g/mol. The number of ether oxygens (including phenoxy) is 3. The van der Waals surface area contributed by atoms with Crippen molar-refractivity contribution in [3.05, 3.63) is 35.9 Å². The van der Waals surface area contributed by atoms with Gasteiger partial charge in [0.25, 0.3) is 0 Å². The number of carbonyl (C=O) groups is 2. The van der Waals surface area contributed by atoms with Crippen molar-refractivity contribution in [2.24, 2.45) is 0 Å². The second kappa shape index (κ2) is 9.48. The quantitative estimate of drug-likeness (QED) is 0.763. The molecule has 3 rings (SSSR count). The zero-order valence-corrected chi connectivity index (χ0v) is 17.6. The third kappa shape index (κ3) is 6.63. The molecule has 0 N–H and O–H groups in total. The minimum atomic E-state index is -0.488. The van der Waals surface area contributed by atoms with E-state index in [-0.39, 0.29) is 24.4 Å². The van der Waals surface area contributed by atoms with Crippen molar-refractivity contribution >= 4 is 12.2 Å². The second-order valence-electron chi connectivity index (χ2n) is 8.70. The van der Waals surface area contributed by atoms with E-state index in [0.29, 0.717) is 32.8 Å². The maximum absolute atomic E-state index is 12.3. The van der Waals surface area contributed by atoms with Crippen LogP contribution < -0.4 is 0 Å². The number of benzene rings is 1. The molecule has 2 fully saturated rings. The lowest BCUT2D eigenvalue weighted by Gasteiger charge is -2.32. The minimum Gasteiger partial charge on any atom is -0.445 e. The Morgan fingerprint density at radius 2 is 1.55 bits per heavy atom. The molecule has 1 unspecified atom stereocenters. The largest absolute Gasteiger partial charge is 0.445 e. The third-order valence-corrected chi connectivity index (χ3v) is 5.09. The lowest BCUT2D eigenvalue weighted by molar-refractivity contribution is -0.0381. The van der Waals surface area contributed by atoms with E-state index in [1.807, 2.05) is 51.1 Å². The number of hydrogen-bond acceptors (Lipinski definition) is 5. The fraction of sp³-hybridized carbons (Fsp3) is 0.636. The van der Waals surface area contributed by atoms with Crippen LogP contribution in [0.25, 0.3) is 0 Å². The molecule has 160 valence electrons. The smallest absolute Gasteiger partial charge is 0.410 e. The Hall–Kier alpha value is -2.28. The standard InChI is InChI=1S/C22H32N2O5/c1-22(2,3)29-21(26)24-14-11-19(15-24)28-18-9-12-23(13-10-18)20(25)27-16-17-7-5-4-6-8-17/h4-8,18-19H,9-16H2,1-3H3. The number of carbonyl (C=O) groups excluding carboxylic acids is 2. The highest BCUT2D eigenvalue weighted by Gasteiger charge is 2.33. The fourth-order valence-electron chi connectivity index (χ4n) is 3.59. The van der Waals surface area contributed by atoms with Crippen molar-refractivity contribution in [1.29, 1.82) is 0 Å². The topological polar surface area (TPSA) is 68.3 Å². The lowest BCUT2D eigenvalue weighted by Crippen LogP contribution is -2.42. The molecule has 7 heteroatoms. The predicted molar refractivity (Wildman–Crippen MR) is 109 cm³/mol. The normalized spacial score (nSPS) is 20.6. The number of nitrogens with zero attached hydrogens (tertiary/aromatic N) is 2. The summed E-state index contributed by atoms with van der Waals surface area (Å²) in [6, 6.07) is 9.68. The number of hydrogen-bond donors (Lipinski definition) is 0. The van der Waals surface area contributed by atoms with E-state index in [1.165, 1.54) is 0 Å². The summed E-state index contributed by atoms with van der Waals surface area (Å²) in [6.07, 6.45) is 1.97. The molecule has 1 aromatic carbocycles. The van der Waals surface area contributed by atoms with Crippen LogP contribution >= 0.6 is 0 Å². The Labute approximate surface area is 172 Å². The van der Waals surface area contributed by atoms with Gasteiger partial charge in [0.05, 0.1) is 18.8 Å². The molecule has 29 heavy (non-hydrogen) atoms. The molecule has 0 bridgehead atoms. The van der Waals surface area contributed by atoms with Crippen LogP contribution in [-0.4, -0.2) is 66.0 Å². The van der Waals surface area contributed by atoms with Gasteiger partial charge in [-0.3, -0.25) is 0 Å². The number of amides is 2. The van der Waals surface area contributed by atoms with E-state index >= 15 is 0 Å². The van der Waals surface area contributed by atoms with E-state index in [2.05, 4.69) is 0 Å². The Kier molecular flexibility index (Phi) is 7.00. The van der Waals surface area contributed by atoms with Crippen LogP contribution in [0.2, 0.25) is 0 Å². The maximum atomic E-state index is 12.3. The third-order valence-electron chi connectivity index (χ3n) is 5.09. The van der Waals surface area contributed by atoms with Gasteiger partial charge in [0, 0.05) is 19.6 Å². The molecule has 2 aliphatic rings. The molecular weight excluding hydrogens is 372 g/mol. The second-order valence-corrected chi connectivity index (χ2v) is 8.70. The highest BCUT2D eigenvalue weighted by atomic mass is 16.6. The van der Waals surface area contributed by atoms with Crippen LogP contribution in [0, 0.1) is 0 Å². The summed E-state index contributed by atoms with van der Waals surface area (Å²) in [5.41, 5.74) is 0.493. The van der Waals surface area contributed by atoms with Gasteiger partial charge in [-0.1, -0.05) is 30.3 Å². The van der Waals surface area contributed by atoms with Gasteiger partial charge in [0.15, 0.2) is 0 Å². The van der Waals surface area contributed by atoms with Gasteiger partial charge in [0.1, 0.15) is 12.2 Å². The van der Waals surface area contributed by atoms with Crippen LogP contribution in [0.5, 0.6) is 0 Å². The zero-order valence-electron chi connectivity index (χ0n) is 17.6. The first-order valence-electron chi connectivity index (χ1n) is 10.4. The van der Waals surface area contributed by atoms with E-state index in [9.17, 15) is 9.59 Å². The predicted octanol–water partition coefficient (Wildman–Crippen LogP) is 3.81. The molecule has 0 aliphatic carbocycles. The molecule has 7 nitrogen and oxygen atoms in total. The summed E-state index contributed by atoms with van der Waals surface area (Å²) in [5.74, 6) is 0. The maximum Gasteiger partial charge on any atom is 0.410 e. The zero-order chi connectivity index (χ0) is 20.9. The van der Waals surface area contributed by atoms with Gasteiger partial charge in [-0.25, -0.2) is 9.59 Å². The molecule has 2 aliphatic heterocycles. The number of likely N-dealkylation sites (tertiary alicyclic amines) is 2. The Bertz CT molecular complexity index is 680. The first-order chi connectivity index (χ1) is 13.8. The van der Waals surface area contributed by atoms with Gasteiger partial charge < -0.3 is 24.0 Å². The Balaban J connectivity index is 1.36. The number of rotatable bonds is 4. The fourth-order valence-corrected chi connectivity index (χ4v) is 3.59. The SMILES string of the molecule is CC(C)(C)OC(=O)N1CCC(OC2CCN(C(=O)OCc3ccccc3)CC2)C1. The van der Waals surface area contributed by atoms with Crippen molar-refractivity contribution in [2.45, 2.75) is 64.4 Å². The molecule has 1 atom stereocenters. The Morgan fingerprint density at radius 3 is 2.21 bits per heavy atom. The molecular formula is C22H32N2O5. The molecule has 2 heterocycles. The lowest BCUT2D eigenvalue weighted by atomic mass is 10.1. The minimum absolute atomic E-state index is 0.0316. The summed E-state index contributed by atoms with van der Waals surface area (Å²) >= 11 is 0. The first kappa shape index (κ1) is 21.4. The molecule has 2 amide bonds. The van der Waals surface area contributed by atoms with Crippen molar-refractivity contribution in [1.82, 2.24) is 9.80 Å². The molecule has 1 aromatic rings. The van der Waals surface area contributed by atoms with Gasteiger partial charge in [-0.15, -0.1) is 0 Å². The van der Waals surface area contributed by atoms with E-state index < -0.39 is 5.60 Å². The molecule has 0 spiro atoms. The van der Waals surface area contributed by atoms with Crippen molar-refractivity contribution in [3.63, 3.8) is 0 Å². The number of piperidine rings is 1. The highest BCUT2D eigenvalue weighted by Crippen LogP contribution is 2.22. The summed E-state index contributed by atoms with van der Waals surface area (Å²) in [5, 5.41) is 0. The summed E-state index contributed by atoms with van der Waals surface area (Å²) in [4.78, 5) is 27.9. The van der Waals surface area contributed by atoms with Crippen LogP contribution in [-0.2, 0) is 20.8 Å². The van der Waals surface area contributed by atoms with Crippen LogP contribution in [0.15, 0.2) is 30.3 Å². The van der Waals surface area contributed by atoms with E-state index in [0.717, 1.165) is 24.8 Å². The average Bonchev–Trinajstić information content (AvgIpc) is 3.15. The van der Waals surface area contributed by atoms with Crippen molar-refractivity contribution < 1.29 is 23.8 Å². The van der Waals surface area contributed by atoms with Crippen molar-refractivity contribution in [3.8, 4) is 0 Å². The van der Waals surface area contributed by atoms with Gasteiger partial charge in [-0.2, -0.15) is 0 Å². The first-order valence-corrected chi connectivity index (χ1v) is 10.4. The van der Waals surface area contributed by atoms with Crippen LogP contribution in [0.4, 0.5) is 9.59 Å². The van der Waals surface area contributed by atoms with Crippen molar-refractivity contribution in [2.75, 3.05) is 26.2 Å². The summed E-state index contributed by atoms with van der Waals surface area (Å²) < 4.78 is 17.0. The Morgan fingerprint density at radius 1 is 0.931 bits per heavy atom.